The number of hydrogen-bond donors (Lipinski definition) is 1. The maximum atomic E-state index is 13.5. The number of carbonyl (C=O) groups is 1. The average Bonchev–Trinajstić information content (AvgIpc) is 2.87. The van der Waals surface area contributed by atoms with Gasteiger partial charge in [0.15, 0.2) is 5.89 Å². The topological polar surface area (TPSA) is 55.1 Å². The zero-order valence-electron chi connectivity index (χ0n) is 14.8. The smallest absolute Gasteiger partial charge is 0.224 e. The van der Waals surface area contributed by atoms with Crippen molar-refractivity contribution in [3.63, 3.8) is 0 Å². The van der Waals surface area contributed by atoms with Crippen LogP contribution in [0.1, 0.15) is 50.1 Å². The number of rotatable bonds is 6. The van der Waals surface area contributed by atoms with E-state index in [0.717, 1.165) is 30.2 Å². The van der Waals surface area contributed by atoms with Crippen LogP contribution in [0.5, 0.6) is 0 Å². The summed E-state index contributed by atoms with van der Waals surface area (Å²) in [5.41, 5.74) is 1.20. The molecule has 24 heavy (non-hydrogen) atoms. The van der Waals surface area contributed by atoms with E-state index in [0.29, 0.717) is 12.1 Å². The number of nitrogens with one attached hydrogen (secondary N) is 1. The van der Waals surface area contributed by atoms with E-state index < -0.39 is 0 Å². The van der Waals surface area contributed by atoms with Crippen LogP contribution in [0.3, 0.4) is 0 Å². The predicted molar refractivity (Wildman–Crippen MR) is 91.4 cm³/mol. The third-order valence-corrected chi connectivity index (χ3v) is 3.75. The van der Waals surface area contributed by atoms with Gasteiger partial charge in [-0.2, -0.15) is 0 Å². The number of halogens is 1. The Hall–Kier alpha value is -2.17. The van der Waals surface area contributed by atoms with Crippen LogP contribution in [0.4, 0.5) is 4.39 Å². The lowest BCUT2D eigenvalue weighted by molar-refractivity contribution is -0.120. The Labute approximate surface area is 142 Å². The largest absolute Gasteiger partial charge is 0.445 e. The number of aromatic nitrogens is 1. The molecular weight excluding hydrogens is 307 g/mol. The molecule has 0 fully saturated rings. The fourth-order valence-electron chi connectivity index (χ4n) is 2.33. The van der Waals surface area contributed by atoms with Crippen molar-refractivity contribution in [2.24, 2.45) is 0 Å². The number of amides is 1. The lowest BCUT2D eigenvalue weighted by Crippen LogP contribution is -2.26. The Morgan fingerprint density at radius 2 is 2.00 bits per heavy atom. The molecule has 0 aliphatic heterocycles. The van der Waals surface area contributed by atoms with Gasteiger partial charge in [-0.3, -0.25) is 4.79 Å². The van der Waals surface area contributed by atoms with Gasteiger partial charge in [-0.25, -0.2) is 9.37 Å². The molecule has 0 atom stereocenters. The van der Waals surface area contributed by atoms with Crippen molar-refractivity contribution in [2.45, 2.75) is 52.4 Å². The van der Waals surface area contributed by atoms with Crippen LogP contribution in [-0.4, -0.2) is 17.4 Å². The summed E-state index contributed by atoms with van der Waals surface area (Å²) in [5, 5.41) is 2.82. The molecule has 0 aliphatic rings. The summed E-state index contributed by atoms with van der Waals surface area (Å²) in [6.45, 7) is 8.64. The number of carbonyl (C=O) groups excluding carboxylic acids is 1. The summed E-state index contributed by atoms with van der Waals surface area (Å²) in [6, 6.07) is 6.33. The summed E-state index contributed by atoms with van der Waals surface area (Å²) >= 11 is 0. The normalized spacial score (nSPS) is 11.5. The summed E-state index contributed by atoms with van der Waals surface area (Å²) in [7, 11) is 0. The van der Waals surface area contributed by atoms with E-state index >= 15 is 0 Å². The molecule has 5 heteroatoms. The third-order valence-electron chi connectivity index (χ3n) is 3.75. The second kappa shape index (κ2) is 7.60. The Morgan fingerprint density at radius 1 is 1.29 bits per heavy atom. The van der Waals surface area contributed by atoms with Gasteiger partial charge in [0.05, 0.1) is 12.1 Å². The van der Waals surface area contributed by atoms with Gasteiger partial charge in [0.1, 0.15) is 11.6 Å². The Bertz CT molecular complexity index is 702. The zero-order chi connectivity index (χ0) is 17.7. The van der Waals surface area contributed by atoms with Gasteiger partial charge in [0, 0.05) is 18.4 Å². The summed E-state index contributed by atoms with van der Waals surface area (Å²) < 4.78 is 19.3. The quantitative estimate of drug-likeness (QED) is 0.821. The first-order chi connectivity index (χ1) is 11.3. The lowest BCUT2D eigenvalue weighted by atomic mass is 9.97. The van der Waals surface area contributed by atoms with Crippen molar-refractivity contribution >= 4 is 5.91 Å². The first kappa shape index (κ1) is 18.2. The minimum Gasteiger partial charge on any atom is -0.445 e. The van der Waals surface area contributed by atoms with Gasteiger partial charge in [-0.1, -0.05) is 39.0 Å². The fourth-order valence-corrected chi connectivity index (χ4v) is 2.33. The van der Waals surface area contributed by atoms with Crippen LogP contribution in [0.2, 0.25) is 0 Å². The van der Waals surface area contributed by atoms with Crippen molar-refractivity contribution < 1.29 is 13.6 Å². The van der Waals surface area contributed by atoms with Crippen molar-refractivity contribution in [3.8, 4) is 0 Å². The average molecular weight is 332 g/mol. The molecule has 1 amide bonds. The van der Waals surface area contributed by atoms with E-state index in [2.05, 4.69) is 31.1 Å². The standard InChI is InChI=1S/C19H25FN2O2/c1-13-16(24-18(22-13)19(2,3)4)10-7-11-21-17(23)12-14-8-5-6-9-15(14)20/h5-6,8-9H,7,10-12H2,1-4H3,(H,21,23). The minimum atomic E-state index is -0.348. The summed E-state index contributed by atoms with van der Waals surface area (Å²) in [4.78, 5) is 16.3. The van der Waals surface area contributed by atoms with E-state index in [1.807, 2.05) is 6.92 Å². The molecule has 0 radical (unpaired) electrons. The van der Waals surface area contributed by atoms with Gasteiger partial charge in [-0.15, -0.1) is 0 Å². The van der Waals surface area contributed by atoms with Crippen LogP contribution < -0.4 is 5.32 Å². The van der Waals surface area contributed by atoms with Crippen LogP contribution in [0, 0.1) is 12.7 Å². The van der Waals surface area contributed by atoms with Gasteiger partial charge in [0.2, 0.25) is 5.91 Å². The monoisotopic (exact) mass is 332 g/mol. The Balaban J connectivity index is 1.78. The lowest BCUT2D eigenvalue weighted by Gasteiger charge is -2.12. The highest BCUT2D eigenvalue weighted by Crippen LogP contribution is 2.24. The van der Waals surface area contributed by atoms with Crippen LogP contribution in [0.15, 0.2) is 28.7 Å². The predicted octanol–water partition coefficient (Wildman–Crippen LogP) is 3.71. The molecule has 2 aromatic rings. The van der Waals surface area contributed by atoms with E-state index in [9.17, 15) is 9.18 Å². The number of aryl methyl sites for hydroxylation is 2. The molecule has 0 spiro atoms. The molecule has 0 saturated carbocycles. The van der Waals surface area contributed by atoms with E-state index in [1.54, 1.807) is 18.2 Å². The van der Waals surface area contributed by atoms with Gasteiger partial charge in [0.25, 0.3) is 0 Å². The third kappa shape index (κ3) is 4.91. The minimum absolute atomic E-state index is 0.0577. The van der Waals surface area contributed by atoms with Crippen LogP contribution in [-0.2, 0) is 23.1 Å². The molecule has 0 saturated heterocycles. The number of oxazole rings is 1. The molecule has 130 valence electrons. The Kier molecular flexibility index (Phi) is 5.75. The molecule has 1 aromatic carbocycles. The highest BCUT2D eigenvalue weighted by Gasteiger charge is 2.22. The molecule has 1 N–H and O–H groups in total. The number of benzene rings is 1. The zero-order valence-corrected chi connectivity index (χ0v) is 14.8. The summed E-state index contributed by atoms with van der Waals surface area (Å²) in [6.07, 6.45) is 1.53. The van der Waals surface area contributed by atoms with E-state index in [4.69, 9.17) is 4.42 Å². The first-order valence-electron chi connectivity index (χ1n) is 8.24. The molecule has 1 aromatic heterocycles. The van der Waals surface area contributed by atoms with E-state index in [1.165, 1.54) is 6.07 Å². The molecule has 1 heterocycles. The molecule has 0 bridgehead atoms. The first-order valence-corrected chi connectivity index (χ1v) is 8.24. The fraction of sp³-hybridized carbons (Fsp3) is 0.474. The number of nitrogens with zero attached hydrogens (tertiary/aromatic N) is 1. The highest BCUT2D eigenvalue weighted by atomic mass is 19.1. The number of hydrogen-bond acceptors (Lipinski definition) is 3. The van der Waals surface area contributed by atoms with Crippen LogP contribution >= 0.6 is 0 Å². The van der Waals surface area contributed by atoms with Crippen molar-refractivity contribution in [1.82, 2.24) is 10.3 Å². The maximum Gasteiger partial charge on any atom is 0.224 e. The van der Waals surface area contributed by atoms with Crippen LogP contribution in [0.25, 0.3) is 0 Å². The van der Waals surface area contributed by atoms with E-state index in [-0.39, 0.29) is 23.6 Å². The SMILES string of the molecule is Cc1nc(C(C)(C)C)oc1CCCNC(=O)Cc1ccccc1F. The molecule has 0 unspecified atom stereocenters. The second-order valence-corrected chi connectivity index (χ2v) is 7.00. The maximum absolute atomic E-state index is 13.5. The van der Waals surface area contributed by atoms with Crippen molar-refractivity contribution in [2.75, 3.05) is 6.54 Å². The van der Waals surface area contributed by atoms with Gasteiger partial charge in [-0.05, 0) is 25.0 Å². The highest BCUT2D eigenvalue weighted by molar-refractivity contribution is 5.78. The van der Waals surface area contributed by atoms with Gasteiger partial charge >= 0.3 is 0 Å². The summed E-state index contributed by atoms with van der Waals surface area (Å²) in [5.74, 6) is 1.08. The van der Waals surface area contributed by atoms with Crippen molar-refractivity contribution in [1.29, 1.82) is 0 Å². The Morgan fingerprint density at radius 3 is 2.62 bits per heavy atom. The molecule has 2 rings (SSSR count). The molecule has 4 nitrogen and oxygen atoms in total. The second-order valence-electron chi connectivity index (χ2n) is 7.00. The van der Waals surface area contributed by atoms with Gasteiger partial charge < -0.3 is 9.73 Å². The van der Waals surface area contributed by atoms with Crippen molar-refractivity contribution in [3.05, 3.63) is 53.0 Å². The molecular formula is C19H25FN2O2. The molecule has 0 aliphatic carbocycles.